The molecule has 2 heterocycles. The van der Waals surface area contributed by atoms with E-state index < -0.39 is 0 Å². The van der Waals surface area contributed by atoms with Crippen molar-refractivity contribution in [2.24, 2.45) is 5.41 Å². The fraction of sp³-hybridized carbons (Fsp3) is 0.750. The Bertz CT molecular complexity index is 315. The Morgan fingerprint density at radius 2 is 2.13 bits per heavy atom. The van der Waals surface area contributed by atoms with Crippen LogP contribution < -0.4 is 0 Å². The molecule has 3 rings (SSSR count). The first kappa shape index (κ1) is 9.40. The molecule has 1 saturated carbocycles. The molecule has 82 valence electrons. The summed E-state index contributed by atoms with van der Waals surface area (Å²) in [5, 5.41) is 7.17. The van der Waals surface area contributed by atoms with Crippen molar-refractivity contribution in [3.8, 4) is 0 Å². The molecule has 2 aliphatic rings. The van der Waals surface area contributed by atoms with E-state index >= 15 is 0 Å². The van der Waals surface area contributed by atoms with Gasteiger partial charge in [0.15, 0.2) is 0 Å². The largest absolute Gasteiger partial charge is 0.305 e. The summed E-state index contributed by atoms with van der Waals surface area (Å²) in [7, 11) is 2.23. The Balaban J connectivity index is 1.62. The lowest BCUT2D eigenvalue weighted by Gasteiger charge is -2.52. The molecule has 2 fully saturated rings. The van der Waals surface area contributed by atoms with Crippen LogP contribution in [0, 0.1) is 5.41 Å². The molecule has 0 amide bonds. The number of hydrogen-bond donors (Lipinski definition) is 1. The molecule has 0 bridgehead atoms. The predicted octanol–water partition coefficient (Wildman–Crippen LogP) is 2.00. The van der Waals surface area contributed by atoms with Gasteiger partial charge in [-0.3, -0.25) is 5.10 Å². The van der Waals surface area contributed by atoms with Crippen LogP contribution in [0.25, 0.3) is 0 Å². The van der Waals surface area contributed by atoms with Crippen molar-refractivity contribution < 1.29 is 0 Å². The molecule has 1 N–H and O–H groups in total. The maximum Gasteiger partial charge on any atom is 0.0490 e. The monoisotopic (exact) mass is 205 g/mol. The van der Waals surface area contributed by atoms with Crippen molar-refractivity contribution in [1.82, 2.24) is 15.1 Å². The van der Waals surface area contributed by atoms with Gasteiger partial charge in [-0.15, -0.1) is 0 Å². The third-order valence-electron chi connectivity index (χ3n) is 4.22. The van der Waals surface area contributed by atoms with Crippen LogP contribution in [0.15, 0.2) is 12.3 Å². The minimum absolute atomic E-state index is 0.686. The van der Waals surface area contributed by atoms with Crippen molar-refractivity contribution in [3.05, 3.63) is 18.0 Å². The summed E-state index contributed by atoms with van der Waals surface area (Å²) in [6.45, 7) is 2.64. The Labute approximate surface area is 90.9 Å². The first-order valence-electron chi connectivity index (χ1n) is 5.95. The summed E-state index contributed by atoms with van der Waals surface area (Å²) in [6.07, 6.45) is 7.37. The fourth-order valence-electron chi connectivity index (χ4n) is 3.45. The van der Waals surface area contributed by atoms with Gasteiger partial charge in [0.25, 0.3) is 0 Å². The SMILES string of the molecule is CN1CC2(CCC(c3ccn[nH]3)CC2)C1. The molecule has 3 nitrogen and oxygen atoms in total. The van der Waals surface area contributed by atoms with E-state index in [-0.39, 0.29) is 0 Å². The molecule has 3 heteroatoms. The molecule has 1 aromatic heterocycles. The summed E-state index contributed by atoms with van der Waals surface area (Å²) in [4.78, 5) is 2.44. The minimum atomic E-state index is 0.686. The van der Waals surface area contributed by atoms with Gasteiger partial charge in [0.2, 0.25) is 0 Å². The van der Waals surface area contributed by atoms with Gasteiger partial charge in [0.1, 0.15) is 0 Å². The molecular weight excluding hydrogens is 186 g/mol. The maximum absolute atomic E-state index is 4.05. The highest BCUT2D eigenvalue weighted by Crippen LogP contribution is 2.47. The zero-order chi connectivity index (χ0) is 10.3. The van der Waals surface area contributed by atoms with Crippen LogP contribution in [0.3, 0.4) is 0 Å². The normalized spacial score (nSPS) is 26.7. The quantitative estimate of drug-likeness (QED) is 0.760. The molecule has 1 aliphatic carbocycles. The molecule has 1 spiro atoms. The van der Waals surface area contributed by atoms with E-state index in [1.165, 1.54) is 44.5 Å². The van der Waals surface area contributed by atoms with Gasteiger partial charge in [-0.1, -0.05) is 0 Å². The lowest BCUT2D eigenvalue weighted by molar-refractivity contribution is -0.0140. The Morgan fingerprint density at radius 3 is 2.67 bits per heavy atom. The van der Waals surface area contributed by atoms with Crippen molar-refractivity contribution in [1.29, 1.82) is 0 Å². The van der Waals surface area contributed by atoms with Crippen molar-refractivity contribution in [3.63, 3.8) is 0 Å². The zero-order valence-corrected chi connectivity index (χ0v) is 9.37. The Morgan fingerprint density at radius 1 is 1.40 bits per heavy atom. The topological polar surface area (TPSA) is 31.9 Å². The average molecular weight is 205 g/mol. The number of nitrogens with one attached hydrogen (secondary N) is 1. The summed E-state index contributed by atoms with van der Waals surface area (Å²) in [5.41, 5.74) is 2.03. The maximum atomic E-state index is 4.05. The standard InChI is InChI=1S/C12H19N3/c1-15-8-12(9-15)5-2-10(3-6-12)11-4-7-13-14-11/h4,7,10H,2-3,5-6,8-9H2,1H3,(H,13,14). The smallest absolute Gasteiger partial charge is 0.0490 e. The molecule has 0 radical (unpaired) electrons. The first-order valence-corrected chi connectivity index (χ1v) is 5.95. The molecule has 15 heavy (non-hydrogen) atoms. The fourth-order valence-corrected chi connectivity index (χ4v) is 3.45. The molecular formula is C12H19N3. The summed E-state index contributed by atoms with van der Waals surface area (Å²) in [5.74, 6) is 0.740. The molecule has 1 aliphatic heterocycles. The first-order chi connectivity index (χ1) is 7.27. The Hall–Kier alpha value is -0.830. The highest BCUT2D eigenvalue weighted by molar-refractivity contribution is 5.09. The number of aromatic nitrogens is 2. The lowest BCUT2D eigenvalue weighted by Crippen LogP contribution is -2.55. The van der Waals surface area contributed by atoms with Gasteiger partial charge in [-0.2, -0.15) is 5.10 Å². The van der Waals surface area contributed by atoms with E-state index in [2.05, 4.69) is 28.2 Å². The van der Waals surface area contributed by atoms with E-state index in [1.54, 1.807) is 0 Å². The second kappa shape index (κ2) is 3.34. The zero-order valence-electron chi connectivity index (χ0n) is 9.37. The lowest BCUT2D eigenvalue weighted by atomic mass is 9.65. The number of nitrogens with zero attached hydrogens (tertiary/aromatic N) is 2. The van der Waals surface area contributed by atoms with Crippen LogP contribution in [-0.2, 0) is 0 Å². The van der Waals surface area contributed by atoms with Crippen LogP contribution in [-0.4, -0.2) is 35.2 Å². The van der Waals surface area contributed by atoms with Gasteiger partial charge < -0.3 is 4.90 Å². The number of hydrogen-bond acceptors (Lipinski definition) is 2. The van der Waals surface area contributed by atoms with Gasteiger partial charge in [-0.25, -0.2) is 0 Å². The van der Waals surface area contributed by atoms with Crippen molar-refractivity contribution in [2.75, 3.05) is 20.1 Å². The summed E-state index contributed by atoms with van der Waals surface area (Å²) < 4.78 is 0. The molecule has 1 aromatic rings. The second-order valence-corrected chi connectivity index (χ2v) is 5.46. The van der Waals surface area contributed by atoms with Gasteiger partial charge >= 0.3 is 0 Å². The van der Waals surface area contributed by atoms with E-state index in [4.69, 9.17) is 0 Å². The van der Waals surface area contributed by atoms with Crippen LogP contribution >= 0.6 is 0 Å². The van der Waals surface area contributed by atoms with E-state index in [9.17, 15) is 0 Å². The van der Waals surface area contributed by atoms with Gasteiger partial charge in [0, 0.05) is 30.9 Å². The summed E-state index contributed by atoms with van der Waals surface area (Å²) in [6, 6.07) is 2.13. The Kier molecular flexibility index (Phi) is 2.09. The van der Waals surface area contributed by atoms with Gasteiger partial charge in [-0.05, 0) is 44.2 Å². The number of aromatic amines is 1. The van der Waals surface area contributed by atoms with Crippen LogP contribution in [0.1, 0.15) is 37.3 Å². The van der Waals surface area contributed by atoms with E-state index in [0.717, 1.165) is 5.92 Å². The second-order valence-electron chi connectivity index (χ2n) is 5.46. The molecule has 0 unspecified atom stereocenters. The van der Waals surface area contributed by atoms with Gasteiger partial charge in [0.05, 0.1) is 0 Å². The predicted molar refractivity (Wildman–Crippen MR) is 59.7 cm³/mol. The number of H-pyrrole nitrogens is 1. The van der Waals surface area contributed by atoms with E-state index in [1.807, 2.05) is 6.20 Å². The average Bonchev–Trinajstić information content (AvgIpc) is 2.70. The van der Waals surface area contributed by atoms with Crippen LogP contribution in [0.5, 0.6) is 0 Å². The van der Waals surface area contributed by atoms with Crippen LogP contribution in [0.2, 0.25) is 0 Å². The molecule has 0 atom stereocenters. The molecule has 1 saturated heterocycles. The third kappa shape index (κ3) is 1.59. The number of likely N-dealkylation sites (tertiary alicyclic amines) is 1. The minimum Gasteiger partial charge on any atom is -0.305 e. The highest BCUT2D eigenvalue weighted by Gasteiger charge is 2.43. The van der Waals surface area contributed by atoms with Crippen molar-refractivity contribution in [2.45, 2.75) is 31.6 Å². The van der Waals surface area contributed by atoms with E-state index in [0.29, 0.717) is 5.41 Å². The third-order valence-corrected chi connectivity index (χ3v) is 4.22. The molecule has 0 aromatic carbocycles. The number of rotatable bonds is 1. The highest BCUT2D eigenvalue weighted by atomic mass is 15.2. The summed E-state index contributed by atoms with van der Waals surface area (Å²) >= 11 is 0. The van der Waals surface area contributed by atoms with Crippen molar-refractivity contribution >= 4 is 0 Å². The van der Waals surface area contributed by atoms with Crippen LogP contribution in [0.4, 0.5) is 0 Å².